The molecular formula is C13H17N3O. The van der Waals surface area contributed by atoms with E-state index < -0.39 is 0 Å². The maximum absolute atomic E-state index is 11.6. The van der Waals surface area contributed by atoms with E-state index in [0.29, 0.717) is 11.7 Å². The van der Waals surface area contributed by atoms with Crippen LogP contribution in [0.4, 0.5) is 10.6 Å². The van der Waals surface area contributed by atoms with Crippen LogP contribution in [0.25, 0.3) is 0 Å². The average Bonchev–Trinajstić information content (AvgIpc) is 3.13. The Kier molecular flexibility index (Phi) is 3.42. The molecule has 1 saturated carbocycles. The number of hydrogen-bond donors (Lipinski definition) is 2. The third kappa shape index (κ3) is 3.31. The summed E-state index contributed by atoms with van der Waals surface area (Å²) in [7, 11) is 0. The first-order valence-corrected chi connectivity index (χ1v) is 5.82. The number of hydrogen-bond acceptors (Lipinski definition) is 2. The predicted octanol–water partition coefficient (Wildman–Crippen LogP) is 2.83. The van der Waals surface area contributed by atoms with E-state index in [1.54, 1.807) is 12.4 Å². The Hall–Kier alpha value is -1.84. The molecule has 1 aromatic rings. The highest BCUT2D eigenvalue weighted by Gasteiger charge is 2.22. The fourth-order valence-corrected chi connectivity index (χ4v) is 1.60. The summed E-state index contributed by atoms with van der Waals surface area (Å²) in [5.41, 5.74) is 2.18. The third-order valence-corrected chi connectivity index (χ3v) is 2.89. The average molecular weight is 231 g/mol. The Labute approximate surface area is 101 Å². The van der Waals surface area contributed by atoms with Gasteiger partial charge in [0.1, 0.15) is 5.82 Å². The van der Waals surface area contributed by atoms with E-state index in [2.05, 4.69) is 15.6 Å². The first-order chi connectivity index (χ1) is 8.16. The van der Waals surface area contributed by atoms with Gasteiger partial charge in [0, 0.05) is 12.4 Å². The van der Waals surface area contributed by atoms with E-state index in [-0.39, 0.29) is 6.03 Å². The maximum atomic E-state index is 11.6. The minimum atomic E-state index is -0.244. The SMILES string of the molecule is C/C(=C\NC(=O)Nc1ncccc1C)C1CC1. The van der Waals surface area contributed by atoms with Crippen molar-refractivity contribution in [3.8, 4) is 0 Å². The van der Waals surface area contributed by atoms with E-state index in [4.69, 9.17) is 0 Å². The van der Waals surface area contributed by atoms with Gasteiger partial charge in [0.25, 0.3) is 0 Å². The summed E-state index contributed by atoms with van der Waals surface area (Å²) in [5.74, 6) is 1.27. The zero-order valence-corrected chi connectivity index (χ0v) is 10.2. The number of carbonyl (C=O) groups is 1. The van der Waals surface area contributed by atoms with Gasteiger partial charge in [-0.25, -0.2) is 9.78 Å². The maximum Gasteiger partial charge on any atom is 0.324 e. The number of rotatable bonds is 3. The van der Waals surface area contributed by atoms with Crippen LogP contribution in [0.2, 0.25) is 0 Å². The van der Waals surface area contributed by atoms with Crippen molar-refractivity contribution in [1.82, 2.24) is 10.3 Å². The van der Waals surface area contributed by atoms with Gasteiger partial charge in [-0.1, -0.05) is 11.6 Å². The minimum absolute atomic E-state index is 0.244. The smallest absolute Gasteiger partial charge is 0.314 e. The van der Waals surface area contributed by atoms with E-state index in [1.807, 2.05) is 26.0 Å². The molecule has 4 heteroatoms. The Balaban J connectivity index is 1.89. The van der Waals surface area contributed by atoms with Crippen molar-refractivity contribution in [2.75, 3.05) is 5.32 Å². The molecule has 0 atom stereocenters. The first-order valence-electron chi connectivity index (χ1n) is 5.82. The Bertz CT molecular complexity index is 450. The molecule has 0 saturated heterocycles. The number of allylic oxidation sites excluding steroid dienone is 1. The van der Waals surface area contributed by atoms with Gasteiger partial charge >= 0.3 is 6.03 Å². The summed E-state index contributed by atoms with van der Waals surface area (Å²) in [6.07, 6.45) is 5.93. The number of nitrogens with zero attached hydrogens (tertiary/aromatic N) is 1. The number of carbonyl (C=O) groups excluding carboxylic acids is 1. The number of amides is 2. The van der Waals surface area contributed by atoms with Crippen molar-refractivity contribution in [2.24, 2.45) is 5.92 Å². The molecule has 0 radical (unpaired) electrons. The molecule has 90 valence electrons. The highest BCUT2D eigenvalue weighted by Crippen LogP contribution is 2.35. The number of urea groups is 1. The lowest BCUT2D eigenvalue weighted by molar-refractivity contribution is 0.255. The van der Waals surface area contributed by atoms with Crippen LogP contribution in [0.3, 0.4) is 0 Å². The summed E-state index contributed by atoms with van der Waals surface area (Å²) >= 11 is 0. The van der Waals surface area contributed by atoms with Gasteiger partial charge < -0.3 is 5.32 Å². The minimum Gasteiger partial charge on any atom is -0.314 e. The number of aromatic nitrogens is 1. The van der Waals surface area contributed by atoms with Gasteiger partial charge in [0.05, 0.1) is 0 Å². The molecule has 2 amide bonds. The molecule has 0 spiro atoms. The summed E-state index contributed by atoms with van der Waals surface area (Å²) in [6.45, 7) is 3.96. The number of aryl methyl sites for hydroxylation is 1. The van der Waals surface area contributed by atoms with Gasteiger partial charge in [-0.05, 0) is 44.2 Å². The molecule has 0 aromatic carbocycles. The van der Waals surface area contributed by atoms with Gasteiger partial charge in [0.2, 0.25) is 0 Å². The van der Waals surface area contributed by atoms with Crippen LogP contribution in [0.5, 0.6) is 0 Å². The molecule has 1 aliphatic carbocycles. The third-order valence-electron chi connectivity index (χ3n) is 2.89. The second kappa shape index (κ2) is 4.99. The Morgan fingerprint density at radius 2 is 2.29 bits per heavy atom. The molecule has 1 fully saturated rings. The van der Waals surface area contributed by atoms with Crippen LogP contribution in [0, 0.1) is 12.8 Å². The van der Waals surface area contributed by atoms with Crippen LogP contribution in [-0.4, -0.2) is 11.0 Å². The van der Waals surface area contributed by atoms with Gasteiger partial charge in [-0.2, -0.15) is 0 Å². The van der Waals surface area contributed by atoms with Crippen LogP contribution in [0.1, 0.15) is 25.3 Å². The highest BCUT2D eigenvalue weighted by atomic mass is 16.2. The molecule has 2 N–H and O–H groups in total. The Morgan fingerprint density at radius 1 is 1.53 bits per heavy atom. The van der Waals surface area contributed by atoms with Crippen molar-refractivity contribution in [3.63, 3.8) is 0 Å². The van der Waals surface area contributed by atoms with Crippen LogP contribution < -0.4 is 10.6 Å². The second-order valence-corrected chi connectivity index (χ2v) is 4.43. The number of nitrogens with one attached hydrogen (secondary N) is 2. The van der Waals surface area contributed by atoms with Crippen molar-refractivity contribution >= 4 is 11.8 Å². The second-order valence-electron chi connectivity index (χ2n) is 4.43. The van der Waals surface area contributed by atoms with Crippen molar-refractivity contribution in [2.45, 2.75) is 26.7 Å². The monoisotopic (exact) mass is 231 g/mol. The molecular weight excluding hydrogens is 214 g/mol. The normalized spacial score (nSPS) is 15.5. The van der Waals surface area contributed by atoms with Gasteiger partial charge in [-0.15, -0.1) is 0 Å². The fraction of sp³-hybridized carbons (Fsp3) is 0.385. The van der Waals surface area contributed by atoms with Crippen LogP contribution >= 0.6 is 0 Å². The highest BCUT2D eigenvalue weighted by molar-refractivity contribution is 5.89. The van der Waals surface area contributed by atoms with E-state index in [9.17, 15) is 4.79 Å². The lowest BCUT2D eigenvalue weighted by Crippen LogP contribution is -2.25. The van der Waals surface area contributed by atoms with E-state index in [0.717, 1.165) is 5.56 Å². The largest absolute Gasteiger partial charge is 0.324 e. The van der Waals surface area contributed by atoms with Gasteiger partial charge in [-0.3, -0.25) is 5.32 Å². The quantitative estimate of drug-likeness (QED) is 0.840. The molecule has 1 heterocycles. The van der Waals surface area contributed by atoms with Crippen molar-refractivity contribution in [3.05, 3.63) is 35.7 Å². The molecule has 0 aliphatic heterocycles. The number of pyridine rings is 1. The number of anilines is 1. The van der Waals surface area contributed by atoms with Gasteiger partial charge in [0.15, 0.2) is 0 Å². The van der Waals surface area contributed by atoms with Crippen LogP contribution in [0.15, 0.2) is 30.1 Å². The van der Waals surface area contributed by atoms with E-state index >= 15 is 0 Å². The van der Waals surface area contributed by atoms with Crippen molar-refractivity contribution in [1.29, 1.82) is 0 Å². The first kappa shape index (κ1) is 11.6. The molecule has 1 aromatic heterocycles. The molecule has 4 nitrogen and oxygen atoms in total. The molecule has 2 rings (SSSR count). The molecule has 17 heavy (non-hydrogen) atoms. The van der Waals surface area contributed by atoms with Crippen molar-refractivity contribution < 1.29 is 4.79 Å². The molecule has 1 aliphatic rings. The lowest BCUT2D eigenvalue weighted by Gasteiger charge is -2.06. The standard InChI is InChI=1S/C13H17N3O/c1-9-4-3-7-14-12(9)16-13(17)15-8-10(2)11-5-6-11/h3-4,7-8,11H,5-6H2,1-2H3,(H2,14,15,16,17)/b10-8+. The Morgan fingerprint density at radius 3 is 2.94 bits per heavy atom. The molecule has 0 bridgehead atoms. The molecule has 0 unspecified atom stereocenters. The van der Waals surface area contributed by atoms with E-state index in [1.165, 1.54) is 18.4 Å². The predicted molar refractivity (Wildman–Crippen MR) is 67.6 cm³/mol. The summed E-state index contributed by atoms with van der Waals surface area (Å²) in [5, 5.41) is 5.45. The zero-order chi connectivity index (χ0) is 12.3. The zero-order valence-electron chi connectivity index (χ0n) is 10.2. The van der Waals surface area contributed by atoms with Crippen LogP contribution in [-0.2, 0) is 0 Å². The summed E-state index contributed by atoms with van der Waals surface area (Å²) in [4.78, 5) is 15.7. The summed E-state index contributed by atoms with van der Waals surface area (Å²) < 4.78 is 0. The summed E-state index contributed by atoms with van der Waals surface area (Å²) in [6, 6.07) is 3.51. The fourth-order valence-electron chi connectivity index (χ4n) is 1.60. The lowest BCUT2D eigenvalue weighted by atomic mass is 10.2. The topological polar surface area (TPSA) is 54.0 Å².